The van der Waals surface area contributed by atoms with Gasteiger partial charge in [0.2, 0.25) is 0 Å². The summed E-state index contributed by atoms with van der Waals surface area (Å²) >= 11 is 0. The number of rotatable bonds is 6. The molecular weight excluding hydrogens is 320 g/mol. The smallest absolute Gasteiger partial charge is 0.318 e. The second-order valence-electron chi connectivity index (χ2n) is 4.53. The highest BCUT2D eigenvalue weighted by atomic mass is 16.3. The maximum Gasteiger partial charge on any atom is 0.318 e. The van der Waals surface area contributed by atoms with Crippen molar-refractivity contribution in [2.75, 3.05) is 0 Å². The fourth-order valence-corrected chi connectivity index (χ4v) is 1.86. The lowest BCUT2D eigenvalue weighted by molar-refractivity contribution is 0.217. The number of hydrogen-bond acceptors (Lipinski definition) is 5. The summed E-state index contributed by atoms with van der Waals surface area (Å²) in [7, 11) is 0. The highest BCUT2D eigenvalue weighted by Crippen LogP contribution is 2.12. The standard InChI is InChI=1S/C13H16N6O5/c14-11(20)16-9(7-3-1-5-23-7)18-13(22)19-10(17-12(15)21)8-4-2-6-24-8/h1-6,9-10H,(H3,14,16,20)(H3,15,17,21)(H2,18,19,22)/t9-,10-/m0/s1. The molecule has 11 nitrogen and oxygen atoms in total. The van der Waals surface area contributed by atoms with E-state index in [9.17, 15) is 14.4 Å². The summed E-state index contributed by atoms with van der Waals surface area (Å²) in [6.45, 7) is 0. The van der Waals surface area contributed by atoms with Crippen molar-refractivity contribution in [1.29, 1.82) is 0 Å². The van der Waals surface area contributed by atoms with Gasteiger partial charge in [0.05, 0.1) is 12.5 Å². The number of primary amides is 2. The Morgan fingerprint density at radius 1 is 0.792 bits per heavy atom. The van der Waals surface area contributed by atoms with E-state index in [1.807, 2.05) is 0 Å². The predicted octanol–water partition coefficient (Wildman–Crippen LogP) is 0.206. The van der Waals surface area contributed by atoms with Crippen molar-refractivity contribution in [3.8, 4) is 0 Å². The van der Waals surface area contributed by atoms with Crippen LogP contribution in [0.2, 0.25) is 0 Å². The second-order valence-corrected chi connectivity index (χ2v) is 4.53. The van der Waals surface area contributed by atoms with E-state index in [2.05, 4.69) is 21.3 Å². The van der Waals surface area contributed by atoms with Crippen LogP contribution in [-0.4, -0.2) is 18.1 Å². The molecule has 11 heteroatoms. The summed E-state index contributed by atoms with van der Waals surface area (Å²) < 4.78 is 10.2. The van der Waals surface area contributed by atoms with Gasteiger partial charge in [-0.1, -0.05) is 0 Å². The number of urea groups is 3. The molecule has 2 atom stereocenters. The van der Waals surface area contributed by atoms with E-state index in [1.54, 1.807) is 12.1 Å². The molecule has 0 aromatic carbocycles. The molecule has 0 saturated heterocycles. The number of hydrogen-bond donors (Lipinski definition) is 6. The summed E-state index contributed by atoms with van der Waals surface area (Å²) in [4.78, 5) is 34.2. The van der Waals surface area contributed by atoms with E-state index < -0.39 is 30.4 Å². The van der Waals surface area contributed by atoms with Crippen molar-refractivity contribution < 1.29 is 23.2 Å². The Bertz CT molecular complexity index is 626. The van der Waals surface area contributed by atoms with Crippen molar-refractivity contribution in [1.82, 2.24) is 21.3 Å². The minimum absolute atomic E-state index is 0.251. The first kappa shape index (κ1) is 16.7. The minimum Gasteiger partial charge on any atom is -0.465 e. The highest BCUT2D eigenvalue weighted by molar-refractivity contribution is 5.78. The Morgan fingerprint density at radius 3 is 1.50 bits per heavy atom. The lowest BCUT2D eigenvalue weighted by Crippen LogP contribution is -2.50. The van der Waals surface area contributed by atoms with Gasteiger partial charge in [-0.15, -0.1) is 0 Å². The van der Waals surface area contributed by atoms with Crippen molar-refractivity contribution >= 4 is 18.1 Å². The summed E-state index contributed by atoms with van der Waals surface area (Å²) in [5.41, 5.74) is 10.1. The second kappa shape index (κ2) is 7.58. The van der Waals surface area contributed by atoms with Gasteiger partial charge < -0.3 is 41.6 Å². The molecule has 2 heterocycles. The van der Waals surface area contributed by atoms with Crippen molar-refractivity contribution in [3.63, 3.8) is 0 Å². The first-order chi connectivity index (χ1) is 11.5. The van der Waals surface area contributed by atoms with E-state index in [1.165, 1.54) is 24.7 Å². The first-order valence-corrected chi connectivity index (χ1v) is 6.71. The number of furan rings is 2. The van der Waals surface area contributed by atoms with Crippen LogP contribution in [0.15, 0.2) is 45.6 Å². The number of carbonyl (C=O) groups excluding carboxylic acids is 3. The molecule has 128 valence electrons. The number of carbonyl (C=O) groups is 3. The van der Waals surface area contributed by atoms with E-state index >= 15 is 0 Å². The molecule has 0 aliphatic carbocycles. The van der Waals surface area contributed by atoms with Gasteiger partial charge in [-0.25, -0.2) is 14.4 Å². The summed E-state index contributed by atoms with van der Waals surface area (Å²) in [6, 6.07) is 3.74. The quantitative estimate of drug-likeness (QED) is 0.412. The fourth-order valence-electron chi connectivity index (χ4n) is 1.86. The predicted molar refractivity (Wildman–Crippen MR) is 80.0 cm³/mol. The molecule has 6 amide bonds. The van der Waals surface area contributed by atoms with Crippen LogP contribution in [-0.2, 0) is 0 Å². The fraction of sp³-hybridized carbons (Fsp3) is 0.154. The van der Waals surface area contributed by atoms with Gasteiger partial charge in [0.1, 0.15) is 11.5 Å². The van der Waals surface area contributed by atoms with Crippen LogP contribution in [0.1, 0.15) is 23.9 Å². The summed E-state index contributed by atoms with van der Waals surface area (Å²) in [6.07, 6.45) is 0.710. The topological polar surface area (TPSA) is 178 Å². The van der Waals surface area contributed by atoms with E-state index in [4.69, 9.17) is 20.3 Å². The third-order valence-electron chi connectivity index (χ3n) is 2.78. The van der Waals surface area contributed by atoms with Crippen LogP contribution < -0.4 is 32.7 Å². The van der Waals surface area contributed by atoms with Crippen LogP contribution in [0.3, 0.4) is 0 Å². The van der Waals surface area contributed by atoms with E-state index in [0.29, 0.717) is 0 Å². The summed E-state index contributed by atoms with van der Waals surface area (Å²) in [5, 5.41) is 9.45. The van der Waals surface area contributed by atoms with Gasteiger partial charge in [-0.3, -0.25) is 0 Å². The molecule has 0 saturated carbocycles. The van der Waals surface area contributed by atoms with Gasteiger partial charge in [0, 0.05) is 0 Å². The number of nitrogens with one attached hydrogen (secondary N) is 4. The first-order valence-electron chi connectivity index (χ1n) is 6.71. The molecular formula is C13H16N6O5. The Kier molecular flexibility index (Phi) is 5.28. The zero-order chi connectivity index (χ0) is 17.5. The van der Waals surface area contributed by atoms with Gasteiger partial charge >= 0.3 is 18.1 Å². The molecule has 0 spiro atoms. The molecule has 2 rings (SSSR count). The molecule has 2 aromatic rings. The molecule has 0 radical (unpaired) electrons. The normalized spacial score (nSPS) is 12.7. The SMILES string of the molecule is NC(=O)N[C@@H](NC(=O)N[C@H](NC(N)=O)c1ccco1)c1ccco1. The molecule has 0 aliphatic heterocycles. The van der Waals surface area contributed by atoms with Crippen molar-refractivity contribution in [3.05, 3.63) is 48.3 Å². The molecule has 8 N–H and O–H groups in total. The van der Waals surface area contributed by atoms with Gasteiger partial charge in [-0.05, 0) is 24.3 Å². The van der Waals surface area contributed by atoms with Crippen LogP contribution in [0, 0.1) is 0 Å². The third kappa shape index (κ3) is 4.69. The lowest BCUT2D eigenvalue weighted by atomic mass is 10.3. The third-order valence-corrected chi connectivity index (χ3v) is 2.78. The Morgan fingerprint density at radius 2 is 1.21 bits per heavy atom. The Labute approximate surface area is 135 Å². The van der Waals surface area contributed by atoms with Gasteiger partial charge in [-0.2, -0.15) is 0 Å². The number of amides is 6. The molecule has 24 heavy (non-hydrogen) atoms. The van der Waals surface area contributed by atoms with Crippen LogP contribution in [0.5, 0.6) is 0 Å². The minimum atomic E-state index is -1.01. The van der Waals surface area contributed by atoms with E-state index in [-0.39, 0.29) is 11.5 Å². The maximum absolute atomic E-state index is 12.1. The molecule has 0 unspecified atom stereocenters. The molecule has 0 bridgehead atoms. The maximum atomic E-state index is 12.1. The van der Waals surface area contributed by atoms with Crippen LogP contribution >= 0.6 is 0 Å². The lowest BCUT2D eigenvalue weighted by Gasteiger charge is -2.21. The average Bonchev–Trinajstić information content (AvgIpc) is 3.18. The van der Waals surface area contributed by atoms with Crippen molar-refractivity contribution in [2.24, 2.45) is 11.5 Å². The van der Waals surface area contributed by atoms with Gasteiger partial charge in [0.15, 0.2) is 12.3 Å². The zero-order valence-electron chi connectivity index (χ0n) is 12.3. The van der Waals surface area contributed by atoms with Crippen LogP contribution in [0.4, 0.5) is 14.4 Å². The Balaban J connectivity index is 2.05. The Hall–Kier alpha value is -3.63. The largest absolute Gasteiger partial charge is 0.465 e. The molecule has 2 aromatic heterocycles. The monoisotopic (exact) mass is 336 g/mol. The zero-order valence-corrected chi connectivity index (χ0v) is 12.3. The summed E-state index contributed by atoms with van der Waals surface area (Å²) in [5.74, 6) is 0.503. The molecule has 0 fully saturated rings. The average molecular weight is 336 g/mol. The van der Waals surface area contributed by atoms with Crippen LogP contribution in [0.25, 0.3) is 0 Å². The highest BCUT2D eigenvalue weighted by Gasteiger charge is 2.22. The molecule has 0 aliphatic rings. The number of nitrogens with two attached hydrogens (primary N) is 2. The van der Waals surface area contributed by atoms with E-state index in [0.717, 1.165) is 0 Å². The van der Waals surface area contributed by atoms with Gasteiger partial charge in [0.25, 0.3) is 0 Å². The van der Waals surface area contributed by atoms with Crippen molar-refractivity contribution in [2.45, 2.75) is 12.3 Å².